The van der Waals surface area contributed by atoms with Crippen molar-refractivity contribution < 1.29 is 8.78 Å². The summed E-state index contributed by atoms with van der Waals surface area (Å²) in [5, 5.41) is 0. The number of hydrogen-bond donors (Lipinski definition) is 0. The summed E-state index contributed by atoms with van der Waals surface area (Å²) in [5.74, 6) is 2.04. The molecule has 0 aromatic heterocycles. The van der Waals surface area contributed by atoms with Crippen LogP contribution < -0.4 is 0 Å². The van der Waals surface area contributed by atoms with E-state index >= 15 is 4.39 Å². The molecule has 0 aromatic carbocycles. The Bertz CT molecular complexity index is 299. The molecule has 0 radical (unpaired) electrons. The zero-order valence-corrected chi connectivity index (χ0v) is 14.8. The monoisotopic (exact) mass is 314 g/mol. The van der Waals surface area contributed by atoms with Crippen molar-refractivity contribution >= 4 is 0 Å². The van der Waals surface area contributed by atoms with E-state index in [-0.39, 0.29) is 0 Å². The first kappa shape index (κ1) is 18.2. The van der Waals surface area contributed by atoms with Crippen LogP contribution in [0.15, 0.2) is 0 Å². The molecule has 2 rings (SSSR count). The van der Waals surface area contributed by atoms with Gasteiger partial charge < -0.3 is 0 Å². The normalized spacial score (nSPS) is 37.9. The third-order valence-electron chi connectivity index (χ3n) is 6.55. The summed E-state index contributed by atoms with van der Waals surface area (Å²) >= 11 is 0. The van der Waals surface area contributed by atoms with Crippen LogP contribution in [0.25, 0.3) is 0 Å². The number of hydrogen-bond acceptors (Lipinski definition) is 0. The first-order valence-electron chi connectivity index (χ1n) is 9.89. The Balaban J connectivity index is 1.75. The molecule has 0 heterocycles. The van der Waals surface area contributed by atoms with Crippen molar-refractivity contribution in [2.24, 2.45) is 17.8 Å². The fourth-order valence-electron chi connectivity index (χ4n) is 4.91. The van der Waals surface area contributed by atoms with Crippen LogP contribution in [0.4, 0.5) is 8.78 Å². The van der Waals surface area contributed by atoms with Gasteiger partial charge in [0.15, 0.2) is 0 Å². The highest BCUT2D eigenvalue weighted by molar-refractivity contribution is 4.87. The quantitative estimate of drug-likeness (QED) is 0.473. The second-order valence-corrected chi connectivity index (χ2v) is 8.10. The Labute approximate surface area is 136 Å². The molecular weight excluding hydrogens is 278 g/mol. The number of halogens is 2. The van der Waals surface area contributed by atoms with Gasteiger partial charge in [-0.2, -0.15) is 0 Å². The summed E-state index contributed by atoms with van der Waals surface area (Å²) in [6, 6.07) is 0. The molecule has 1 atom stereocenters. The molecule has 2 fully saturated rings. The lowest BCUT2D eigenvalue weighted by Crippen LogP contribution is -2.31. The summed E-state index contributed by atoms with van der Waals surface area (Å²) < 4.78 is 28.4. The zero-order valence-electron chi connectivity index (χ0n) is 14.8. The Hall–Kier alpha value is -0.140. The van der Waals surface area contributed by atoms with Crippen molar-refractivity contribution in [1.29, 1.82) is 0 Å². The molecule has 2 aliphatic carbocycles. The molecule has 0 aromatic rings. The molecule has 130 valence electrons. The smallest absolute Gasteiger partial charge is 0.111 e. The summed E-state index contributed by atoms with van der Waals surface area (Å²) in [4.78, 5) is 0. The van der Waals surface area contributed by atoms with Gasteiger partial charge in [0.2, 0.25) is 0 Å². The molecule has 0 spiro atoms. The zero-order chi connectivity index (χ0) is 16.0. The van der Waals surface area contributed by atoms with Crippen LogP contribution in [0.3, 0.4) is 0 Å². The van der Waals surface area contributed by atoms with Crippen LogP contribution in [0.5, 0.6) is 0 Å². The van der Waals surface area contributed by atoms with Crippen LogP contribution in [-0.4, -0.2) is 11.8 Å². The number of alkyl halides is 2. The van der Waals surface area contributed by atoms with E-state index in [0.29, 0.717) is 11.8 Å². The van der Waals surface area contributed by atoms with Gasteiger partial charge in [0, 0.05) is 0 Å². The van der Waals surface area contributed by atoms with Crippen LogP contribution in [0.2, 0.25) is 0 Å². The summed E-state index contributed by atoms with van der Waals surface area (Å²) in [5.41, 5.74) is -0.894. The molecule has 0 amide bonds. The van der Waals surface area contributed by atoms with Gasteiger partial charge in [0.1, 0.15) is 11.8 Å². The molecule has 2 aliphatic rings. The molecule has 0 N–H and O–H groups in total. The van der Waals surface area contributed by atoms with Crippen molar-refractivity contribution in [3.63, 3.8) is 0 Å². The van der Waals surface area contributed by atoms with Crippen LogP contribution >= 0.6 is 0 Å². The van der Waals surface area contributed by atoms with Gasteiger partial charge >= 0.3 is 0 Å². The minimum Gasteiger partial charge on any atom is -0.247 e. The number of rotatable bonds is 7. The molecule has 2 heteroatoms. The Morgan fingerprint density at radius 1 is 1.00 bits per heavy atom. The lowest BCUT2D eigenvalue weighted by atomic mass is 9.72. The molecule has 0 nitrogen and oxygen atoms in total. The minimum atomic E-state index is -0.894. The van der Waals surface area contributed by atoms with Crippen LogP contribution in [-0.2, 0) is 0 Å². The fraction of sp³-hybridized carbons (Fsp3) is 1.00. The van der Waals surface area contributed by atoms with E-state index in [1.165, 1.54) is 12.8 Å². The Kier molecular flexibility index (Phi) is 7.15. The average molecular weight is 315 g/mol. The van der Waals surface area contributed by atoms with Gasteiger partial charge in [-0.05, 0) is 82.0 Å². The maximum absolute atomic E-state index is 15.1. The van der Waals surface area contributed by atoms with Crippen LogP contribution in [0, 0.1) is 17.8 Å². The van der Waals surface area contributed by atoms with E-state index in [1.807, 2.05) is 0 Å². The van der Waals surface area contributed by atoms with Crippen molar-refractivity contribution in [2.45, 2.75) is 109 Å². The lowest BCUT2D eigenvalue weighted by molar-refractivity contribution is 0.0567. The average Bonchev–Trinajstić information content (AvgIpc) is 2.52. The van der Waals surface area contributed by atoms with E-state index in [1.54, 1.807) is 0 Å². The third-order valence-corrected chi connectivity index (χ3v) is 6.55. The molecule has 0 bridgehead atoms. The van der Waals surface area contributed by atoms with Crippen molar-refractivity contribution in [3.05, 3.63) is 0 Å². The minimum absolute atomic E-state index is 0.574. The van der Waals surface area contributed by atoms with Crippen molar-refractivity contribution in [1.82, 2.24) is 0 Å². The highest BCUT2D eigenvalue weighted by Gasteiger charge is 2.36. The van der Waals surface area contributed by atoms with Crippen molar-refractivity contribution in [2.75, 3.05) is 0 Å². The van der Waals surface area contributed by atoms with Gasteiger partial charge in [-0.3, -0.25) is 0 Å². The van der Waals surface area contributed by atoms with Gasteiger partial charge in [0.05, 0.1) is 0 Å². The van der Waals surface area contributed by atoms with E-state index in [2.05, 4.69) is 13.8 Å². The summed E-state index contributed by atoms with van der Waals surface area (Å²) in [6.45, 7) is 4.46. The van der Waals surface area contributed by atoms with Crippen LogP contribution in [0.1, 0.15) is 97.3 Å². The largest absolute Gasteiger partial charge is 0.247 e. The van der Waals surface area contributed by atoms with E-state index in [4.69, 9.17) is 0 Å². The molecule has 2 saturated carbocycles. The topological polar surface area (TPSA) is 0 Å². The fourth-order valence-corrected chi connectivity index (χ4v) is 4.91. The van der Waals surface area contributed by atoms with E-state index in [9.17, 15) is 4.39 Å². The molecule has 1 unspecified atom stereocenters. The summed E-state index contributed by atoms with van der Waals surface area (Å²) in [6.07, 6.45) is 12.1. The second kappa shape index (κ2) is 8.64. The molecule has 0 saturated heterocycles. The SMILES string of the molecule is CCCC1CCC(F)(CCC(CC)C2CCC(F)CC2)CC1. The maximum Gasteiger partial charge on any atom is 0.111 e. The standard InChI is InChI=1S/C20H36F2/c1-3-5-16-10-13-20(22,14-11-16)15-12-17(4-2)18-6-8-19(21)9-7-18/h16-19H,3-15H2,1-2H3. The predicted molar refractivity (Wildman–Crippen MR) is 90.6 cm³/mol. The van der Waals surface area contributed by atoms with E-state index < -0.39 is 11.8 Å². The first-order chi connectivity index (χ1) is 10.6. The third kappa shape index (κ3) is 5.20. The molecular formula is C20H36F2. The first-order valence-corrected chi connectivity index (χ1v) is 9.89. The van der Waals surface area contributed by atoms with Gasteiger partial charge in [-0.25, -0.2) is 8.78 Å². The maximum atomic E-state index is 15.1. The Morgan fingerprint density at radius 3 is 2.18 bits per heavy atom. The van der Waals surface area contributed by atoms with Gasteiger partial charge in [-0.15, -0.1) is 0 Å². The molecule has 0 aliphatic heterocycles. The Morgan fingerprint density at radius 2 is 1.64 bits per heavy atom. The van der Waals surface area contributed by atoms with E-state index in [0.717, 1.165) is 76.5 Å². The van der Waals surface area contributed by atoms with Gasteiger partial charge in [0.25, 0.3) is 0 Å². The summed E-state index contributed by atoms with van der Waals surface area (Å²) in [7, 11) is 0. The lowest BCUT2D eigenvalue weighted by Gasteiger charge is -2.37. The van der Waals surface area contributed by atoms with Gasteiger partial charge in [-0.1, -0.05) is 33.1 Å². The second-order valence-electron chi connectivity index (χ2n) is 8.10. The van der Waals surface area contributed by atoms with Crippen molar-refractivity contribution in [3.8, 4) is 0 Å². The molecule has 22 heavy (non-hydrogen) atoms. The highest BCUT2D eigenvalue weighted by atomic mass is 19.1. The highest BCUT2D eigenvalue weighted by Crippen LogP contribution is 2.42. The predicted octanol–water partition coefficient (Wildman–Crippen LogP) is 7.02.